The number of hydrogen-bond donors (Lipinski definition) is 0. The molecule has 87 valence electrons. The summed E-state index contributed by atoms with van der Waals surface area (Å²) in [5.41, 5.74) is 0. The Morgan fingerprint density at radius 1 is 1.00 bits per heavy atom. The molecule has 1 nitrogen and oxygen atoms in total. The maximum atomic E-state index is 5.69. The molecule has 0 bridgehead atoms. The summed E-state index contributed by atoms with van der Waals surface area (Å²) in [6, 6.07) is 0. The molecule has 0 aliphatic carbocycles. The molecule has 0 aromatic heterocycles. The zero-order valence-corrected chi connectivity index (χ0v) is 13.9. The Morgan fingerprint density at radius 3 is 2.07 bits per heavy atom. The molecule has 0 heterocycles. The van der Waals surface area contributed by atoms with Crippen LogP contribution in [0.5, 0.6) is 0 Å². The second kappa shape index (κ2) is 11.1. The monoisotopic (exact) mass is 263 g/mol. The van der Waals surface area contributed by atoms with Gasteiger partial charge in [-0.05, 0) is 0 Å². The Hall–Kier alpha value is 0.583. The van der Waals surface area contributed by atoms with Crippen LogP contribution in [0.15, 0.2) is 0 Å². The summed E-state index contributed by atoms with van der Waals surface area (Å²) in [6.45, 7) is 6.87. The molecule has 2 heteroatoms. The number of rotatable bonds is 10. The first kappa shape index (κ1) is 15.6. The fourth-order valence-corrected chi connectivity index (χ4v) is 2.69. The molecule has 2 unspecified atom stereocenters. The predicted octanol–water partition coefficient (Wildman–Crippen LogP) is 4.63. The van der Waals surface area contributed by atoms with Gasteiger partial charge in [0.15, 0.2) is 0 Å². The minimum absolute atomic E-state index is 0.562. The summed E-state index contributed by atoms with van der Waals surface area (Å²) < 4.78 is 5.69. The van der Waals surface area contributed by atoms with Crippen molar-refractivity contribution in [1.82, 2.24) is 0 Å². The van der Waals surface area contributed by atoms with Crippen LogP contribution in [0.1, 0.15) is 72.1 Å². The van der Waals surface area contributed by atoms with Crippen LogP contribution in [0.25, 0.3) is 0 Å². The first-order valence-corrected chi connectivity index (χ1v) is 7.90. The SMILES string of the molecule is CCCCC(CC)CC(CCCC)[O][Zn]. The Morgan fingerprint density at radius 2 is 1.60 bits per heavy atom. The van der Waals surface area contributed by atoms with Crippen LogP contribution in [0.2, 0.25) is 0 Å². The Balaban J connectivity index is 3.77. The van der Waals surface area contributed by atoms with Gasteiger partial charge < -0.3 is 0 Å². The van der Waals surface area contributed by atoms with Crippen LogP contribution in [-0.2, 0) is 22.2 Å². The Bertz CT molecular complexity index is 114. The third-order valence-electron chi connectivity index (χ3n) is 3.25. The van der Waals surface area contributed by atoms with Crippen LogP contribution in [-0.4, -0.2) is 6.10 Å². The van der Waals surface area contributed by atoms with Gasteiger partial charge in [0, 0.05) is 0 Å². The molecule has 0 aliphatic heterocycles. The Kier molecular flexibility index (Phi) is 11.5. The van der Waals surface area contributed by atoms with Gasteiger partial charge in [0.1, 0.15) is 0 Å². The van der Waals surface area contributed by atoms with Crippen molar-refractivity contribution in [2.75, 3.05) is 0 Å². The first-order valence-electron chi connectivity index (χ1n) is 6.69. The van der Waals surface area contributed by atoms with E-state index in [9.17, 15) is 0 Å². The second-order valence-corrected chi connectivity index (χ2v) is 5.28. The molecule has 0 N–H and O–H groups in total. The van der Waals surface area contributed by atoms with Crippen molar-refractivity contribution in [3.8, 4) is 0 Å². The second-order valence-electron chi connectivity index (χ2n) is 4.58. The van der Waals surface area contributed by atoms with Gasteiger partial charge in [-0.2, -0.15) is 0 Å². The molecule has 0 amide bonds. The van der Waals surface area contributed by atoms with E-state index in [0.29, 0.717) is 6.10 Å². The molecule has 0 rings (SSSR count). The van der Waals surface area contributed by atoms with Gasteiger partial charge in [0.25, 0.3) is 0 Å². The van der Waals surface area contributed by atoms with Crippen molar-refractivity contribution >= 4 is 0 Å². The summed E-state index contributed by atoms with van der Waals surface area (Å²) in [5.74, 6) is 0.901. The topological polar surface area (TPSA) is 9.23 Å². The summed E-state index contributed by atoms with van der Waals surface area (Å²) in [5, 5.41) is 0. The fourth-order valence-electron chi connectivity index (χ4n) is 2.05. The third-order valence-corrected chi connectivity index (χ3v) is 4.24. The van der Waals surface area contributed by atoms with E-state index >= 15 is 0 Å². The number of unbranched alkanes of at least 4 members (excludes halogenated alkanes) is 2. The van der Waals surface area contributed by atoms with E-state index < -0.39 is 0 Å². The predicted molar refractivity (Wildman–Crippen MR) is 62.3 cm³/mol. The van der Waals surface area contributed by atoms with E-state index in [0.717, 1.165) is 24.6 Å². The molecule has 0 saturated carbocycles. The van der Waals surface area contributed by atoms with E-state index in [2.05, 4.69) is 20.8 Å². The van der Waals surface area contributed by atoms with Crippen molar-refractivity contribution in [1.29, 1.82) is 0 Å². The molecule has 0 spiro atoms. The molecule has 0 fully saturated rings. The molecule has 0 aliphatic rings. The standard InChI is InChI=1S/C13H27O.Zn/c1-4-7-9-12(6-3)11-13(14)10-8-5-2;/h12-13H,4-11H2,1-3H3;/q-1;+1. The molecular weight excluding hydrogens is 238 g/mol. The van der Waals surface area contributed by atoms with Gasteiger partial charge in [0.2, 0.25) is 0 Å². The summed E-state index contributed by atoms with van der Waals surface area (Å²) in [7, 11) is 0. The third kappa shape index (κ3) is 8.40. The minimum atomic E-state index is 0.562. The maximum absolute atomic E-state index is 5.69. The van der Waals surface area contributed by atoms with Crippen LogP contribution in [0.4, 0.5) is 0 Å². The molecular formula is C13H27OZn. The van der Waals surface area contributed by atoms with E-state index in [1.165, 1.54) is 51.4 Å². The quantitative estimate of drug-likeness (QED) is 0.523. The van der Waals surface area contributed by atoms with Gasteiger partial charge in [-0.1, -0.05) is 0 Å². The van der Waals surface area contributed by atoms with Crippen molar-refractivity contribution < 1.29 is 22.2 Å². The zero-order valence-electron chi connectivity index (χ0n) is 10.9. The van der Waals surface area contributed by atoms with Crippen molar-refractivity contribution in [2.45, 2.75) is 78.2 Å². The van der Waals surface area contributed by atoms with Gasteiger partial charge in [-0.3, -0.25) is 0 Å². The van der Waals surface area contributed by atoms with Gasteiger partial charge in [0.05, 0.1) is 0 Å². The number of hydrogen-bond acceptors (Lipinski definition) is 1. The molecule has 0 aromatic rings. The first-order chi connectivity index (χ1) is 7.28. The van der Waals surface area contributed by atoms with E-state index in [1.54, 1.807) is 0 Å². The summed E-state index contributed by atoms with van der Waals surface area (Å²) in [4.78, 5) is 0. The van der Waals surface area contributed by atoms with Crippen LogP contribution in [0.3, 0.4) is 0 Å². The van der Waals surface area contributed by atoms with E-state index in [1.807, 2.05) is 0 Å². The molecule has 0 radical (unpaired) electrons. The van der Waals surface area contributed by atoms with Gasteiger partial charge >= 0.3 is 106 Å². The van der Waals surface area contributed by atoms with Crippen molar-refractivity contribution in [2.24, 2.45) is 5.92 Å². The van der Waals surface area contributed by atoms with E-state index in [4.69, 9.17) is 3.56 Å². The Labute approximate surface area is 106 Å². The van der Waals surface area contributed by atoms with Crippen molar-refractivity contribution in [3.05, 3.63) is 0 Å². The van der Waals surface area contributed by atoms with E-state index in [-0.39, 0.29) is 0 Å². The molecule has 2 atom stereocenters. The van der Waals surface area contributed by atoms with Gasteiger partial charge in [-0.25, -0.2) is 0 Å². The molecule has 0 saturated heterocycles. The average Bonchev–Trinajstić information content (AvgIpc) is 2.28. The molecule has 0 aromatic carbocycles. The van der Waals surface area contributed by atoms with Crippen molar-refractivity contribution in [3.63, 3.8) is 0 Å². The van der Waals surface area contributed by atoms with Crippen LogP contribution >= 0.6 is 0 Å². The summed E-state index contributed by atoms with van der Waals surface area (Å²) >= 11 is 0.999. The van der Waals surface area contributed by atoms with Crippen LogP contribution < -0.4 is 0 Å². The van der Waals surface area contributed by atoms with Crippen LogP contribution in [0, 0.1) is 5.92 Å². The fraction of sp³-hybridized carbons (Fsp3) is 1.00. The normalized spacial score (nSPS) is 15.3. The van der Waals surface area contributed by atoms with Gasteiger partial charge in [-0.15, -0.1) is 0 Å². The molecule has 15 heavy (non-hydrogen) atoms. The average molecular weight is 265 g/mol. The summed E-state index contributed by atoms with van der Waals surface area (Å²) in [6.07, 6.45) is 11.2. The zero-order chi connectivity index (χ0) is 11.5.